The average Bonchev–Trinajstić information content (AvgIpc) is 2.50. The second-order valence-corrected chi connectivity index (χ2v) is 5.78. The van der Waals surface area contributed by atoms with Gasteiger partial charge in [0.25, 0.3) is 0 Å². The van der Waals surface area contributed by atoms with E-state index < -0.39 is 5.60 Å². The van der Waals surface area contributed by atoms with E-state index in [2.05, 4.69) is 17.0 Å². The van der Waals surface area contributed by atoms with Crippen LogP contribution in [0.1, 0.15) is 31.2 Å². The van der Waals surface area contributed by atoms with Crippen molar-refractivity contribution in [3.05, 3.63) is 35.9 Å². The van der Waals surface area contributed by atoms with Crippen molar-refractivity contribution in [3.8, 4) is 0 Å². The second-order valence-electron chi connectivity index (χ2n) is 5.78. The predicted molar refractivity (Wildman–Crippen MR) is 75.0 cm³/mol. The monoisotopic (exact) mass is 261 g/mol. The van der Waals surface area contributed by atoms with Crippen molar-refractivity contribution in [1.29, 1.82) is 0 Å². The van der Waals surface area contributed by atoms with Crippen LogP contribution in [0, 0.1) is 0 Å². The van der Waals surface area contributed by atoms with E-state index in [0.717, 1.165) is 57.6 Å². The molecule has 3 rings (SSSR count). The van der Waals surface area contributed by atoms with Crippen LogP contribution in [-0.2, 0) is 10.3 Å². The molecule has 1 saturated heterocycles. The summed E-state index contributed by atoms with van der Waals surface area (Å²) >= 11 is 0. The molecule has 2 aliphatic rings. The highest BCUT2D eigenvalue weighted by Gasteiger charge is 2.36. The number of nitrogens with zero attached hydrogens (tertiary/aromatic N) is 1. The number of morpholine rings is 1. The summed E-state index contributed by atoms with van der Waals surface area (Å²) in [4.78, 5) is 2.54. The quantitative estimate of drug-likeness (QED) is 0.885. The Morgan fingerprint density at radius 2 is 1.68 bits per heavy atom. The molecule has 0 unspecified atom stereocenters. The van der Waals surface area contributed by atoms with E-state index in [4.69, 9.17) is 4.74 Å². The lowest BCUT2D eigenvalue weighted by Crippen LogP contribution is -2.47. The van der Waals surface area contributed by atoms with Crippen LogP contribution in [0.5, 0.6) is 0 Å². The molecule has 1 saturated carbocycles. The maximum atomic E-state index is 10.8. The molecule has 0 atom stereocenters. The summed E-state index contributed by atoms with van der Waals surface area (Å²) in [7, 11) is 0. The molecule has 3 nitrogen and oxygen atoms in total. The lowest BCUT2D eigenvalue weighted by atomic mass is 9.77. The van der Waals surface area contributed by atoms with Crippen molar-refractivity contribution in [2.75, 3.05) is 26.3 Å². The number of hydrogen-bond acceptors (Lipinski definition) is 3. The van der Waals surface area contributed by atoms with Gasteiger partial charge in [0.05, 0.1) is 18.8 Å². The fourth-order valence-corrected chi connectivity index (χ4v) is 3.42. The fraction of sp³-hybridized carbons (Fsp3) is 0.625. The Kier molecular flexibility index (Phi) is 3.87. The Bertz CT molecular complexity index is 392. The number of rotatable bonds is 2. The first-order valence-electron chi connectivity index (χ1n) is 7.38. The summed E-state index contributed by atoms with van der Waals surface area (Å²) in [6, 6.07) is 10.8. The van der Waals surface area contributed by atoms with Gasteiger partial charge in [-0.2, -0.15) is 0 Å². The molecule has 1 aromatic rings. The van der Waals surface area contributed by atoms with Gasteiger partial charge in [0.15, 0.2) is 0 Å². The number of benzene rings is 1. The predicted octanol–water partition coefficient (Wildman–Crippen LogP) is 2.15. The van der Waals surface area contributed by atoms with Crippen LogP contribution in [0.2, 0.25) is 0 Å². The average molecular weight is 261 g/mol. The first-order chi connectivity index (χ1) is 9.28. The maximum Gasteiger partial charge on any atom is 0.0897 e. The van der Waals surface area contributed by atoms with Gasteiger partial charge in [0, 0.05) is 19.1 Å². The molecule has 0 amide bonds. The van der Waals surface area contributed by atoms with Crippen molar-refractivity contribution in [1.82, 2.24) is 4.90 Å². The topological polar surface area (TPSA) is 32.7 Å². The lowest BCUT2D eigenvalue weighted by molar-refractivity contribution is -0.0447. The van der Waals surface area contributed by atoms with Gasteiger partial charge in [-0.3, -0.25) is 4.90 Å². The third-order valence-electron chi connectivity index (χ3n) is 4.66. The Balaban J connectivity index is 1.62. The van der Waals surface area contributed by atoms with E-state index in [1.165, 1.54) is 0 Å². The van der Waals surface area contributed by atoms with Crippen LogP contribution in [-0.4, -0.2) is 42.4 Å². The van der Waals surface area contributed by atoms with Crippen LogP contribution in [0.4, 0.5) is 0 Å². The van der Waals surface area contributed by atoms with Crippen molar-refractivity contribution in [3.63, 3.8) is 0 Å². The summed E-state index contributed by atoms with van der Waals surface area (Å²) < 4.78 is 5.41. The molecule has 1 aliphatic carbocycles. The first-order valence-corrected chi connectivity index (χ1v) is 7.38. The summed E-state index contributed by atoms with van der Waals surface area (Å²) in [6.07, 6.45) is 3.93. The minimum Gasteiger partial charge on any atom is -0.385 e. The van der Waals surface area contributed by atoms with Gasteiger partial charge in [0.2, 0.25) is 0 Å². The molecule has 0 bridgehead atoms. The molecule has 104 valence electrons. The van der Waals surface area contributed by atoms with Gasteiger partial charge in [-0.25, -0.2) is 0 Å². The molecule has 0 spiro atoms. The van der Waals surface area contributed by atoms with Gasteiger partial charge in [-0.1, -0.05) is 30.3 Å². The van der Waals surface area contributed by atoms with Gasteiger partial charge >= 0.3 is 0 Å². The standard InChI is InChI=1S/C16H23NO2/c18-16(14-4-2-1-3-5-14)8-6-15(7-9-16)17-10-12-19-13-11-17/h1-5,15,18H,6-13H2. The zero-order chi connectivity index (χ0) is 13.1. The summed E-state index contributed by atoms with van der Waals surface area (Å²) in [5.41, 5.74) is 0.472. The largest absolute Gasteiger partial charge is 0.385 e. The molecule has 1 aliphatic heterocycles. The van der Waals surface area contributed by atoms with Crippen molar-refractivity contribution >= 4 is 0 Å². The number of ether oxygens (including phenoxy) is 1. The Morgan fingerprint density at radius 1 is 1.05 bits per heavy atom. The summed E-state index contributed by atoms with van der Waals surface area (Å²) in [5, 5.41) is 10.8. The van der Waals surface area contributed by atoms with Crippen LogP contribution >= 0.6 is 0 Å². The molecule has 3 heteroatoms. The molecule has 2 fully saturated rings. The van der Waals surface area contributed by atoms with Crippen LogP contribution in [0.25, 0.3) is 0 Å². The second kappa shape index (κ2) is 5.61. The first kappa shape index (κ1) is 13.1. The van der Waals surface area contributed by atoms with E-state index in [9.17, 15) is 5.11 Å². The number of aliphatic hydroxyl groups is 1. The molecule has 1 N–H and O–H groups in total. The summed E-state index contributed by atoms with van der Waals surface area (Å²) in [6.45, 7) is 3.82. The zero-order valence-corrected chi connectivity index (χ0v) is 11.4. The van der Waals surface area contributed by atoms with Crippen molar-refractivity contribution < 1.29 is 9.84 Å². The highest BCUT2D eigenvalue weighted by Crippen LogP contribution is 2.38. The van der Waals surface area contributed by atoms with Crippen LogP contribution in [0.15, 0.2) is 30.3 Å². The van der Waals surface area contributed by atoms with Crippen molar-refractivity contribution in [2.24, 2.45) is 0 Å². The molecule has 0 radical (unpaired) electrons. The van der Waals surface area contributed by atoms with E-state index in [-0.39, 0.29) is 0 Å². The van der Waals surface area contributed by atoms with Crippen LogP contribution < -0.4 is 0 Å². The molecule has 19 heavy (non-hydrogen) atoms. The normalized spacial score (nSPS) is 33.2. The zero-order valence-electron chi connectivity index (χ0n) is 11.4. The highest BCUT2D eigenvalue weighted by molar-refractivity contribution is 5.23. The minimum atomic E-state index is -0.607. The van der Waals surface area contributed by atoms with Crippen molar-refractivity contribution in [2.45, 2.75) is 37.3 Å². The maximum absolute atomic E-state index is 10.8. The third-order valence-corrected chi connectivity index (χ3v) is 4.66. The van der Waals surface area contributed by atoms with E-state index in [0.29, 0.717) is 6.04 Å². The van der Waals surface area contributed by atoms with E-state index in [1.54, 1.807) is 0 Å². The van der Waals surface area contributed by atoms with Gasteiger partial charge < -0.3 is 9.84 Å². The highest BCUT2D eigenvalue weighted by atomic mass is 16.5. The Labute approximate surface area is 115 Å². The smallest absolute Gasteiger partial charge is 0.0897 e. The third kappa shape index (κ3) is 2.83. The lowest BCUT2D eigenvalue weighted by Gasteiger charge is -2.42. The minimum absolute atomic E-state index is 0.607. The van der Waals surface area contributed by atoms with Gasteiger partial charge in [-0.15, -0.1) is 0 Å². The van der Waals surface area contributed by atoms with E-state index in [1.807, 2.05) is 18.2 Å². The van der Waals surface area contributed by atoms with Gasteiger partial charge in [-0.05, 0) is 31.2 Å². The summed E-state index contributed by atoms with van der Waals surface area (Å²) in [5.74, 6) is 0. The van der Waals surface area contributed by atoms with E-state index >= 15 is 0 Å². The van der Waals surface area contributed by atoms with Crippen LogP contribution in [0.3, 0.4) is 0 Å². The van der Waals surface area contributed by atoms with Gasteiger partial charge in [0.1, 0.15) is 0 Å². The number of hydrogen-bond donors (Lipinski definition) is 1. The molecule has 0 aromatic heterocycles. The molecule has 1 aromatic carbocycles. The Hall–Kier alpha value is -0.900. The Morgan fingerprint density at radius 3 is 2.32 bits per heavy atom. The molecule has 1 heterocycles. The molecular formula is C16H23NO2. The molecular weight excluding hydrogens is 238 g/mol. The fourth-order valence-electron chi connectivity index (χ4n) is 3.42. The SMILES string of the molecule is OC1(c2ccccc2)CCC(N2CCOCC2)CC1.